The summed E-state index contributed by atoms with van der Waals surface area (Å²) in [6.45, 7) is -0.334. The molecule has 1 aliphatic carbocycles. The maximum absolute atomic E-state index is 13.9. The third-order valence-corrected chi connectivity index (χ3v) is 10.0. The molecule has 8 aromatic rings. The number of alkyl halides is 3. The molecule has 1 aliphatic rings. The van der Waals surface area contributed by atoms with Crippen molar-refractivity contribution in [2.45, 2.75) is 37.8 Å². The number of benzene rings is 2. The van der Waals surface area contributed by atoms with Gasteiger partial charge < -0.3 is 17.9 Å². The maximum atomic E-state index is 13.9. The van der Waals surface area contributed by atoms with E-state index in [2.05, 4.69) is 19.9 Å². The Morgan fingerprint density at radius 2 is 1.22 bits per heavy atom. The lowest BCUT2D eigenvalue weighted by Gasteiger charge is -2.17. The average Bonchev–Trinajstić information content (AvgIpc) is 4.00. The molecular formula is C39H29Cl2F5N8. The van der Waals surface area contributed by atoms with E-state index in [0.717, 1.165) is 28.1 Å². The number of fused-ring (bicyclic) bond motifs is 2. The highest BCUT2D eigenvalue weighted by atomic mass is 35.5. The second-order valence-corrected chi connectivity index (χ2v) is 13.7. The molecule has 15 heteroatoms. The smallest absolute Gasteiger partial charge is 0.250 e. The summed E-state index contributed by atoms with van der Waals surface area (Å²) in [6.07, 6.45) is 14.0. The van der Waals surface area contributed by atoms with Crippen molar-refractivity contribution in [1.82, 2.24) is 37.9 Å². The van der Waals surface area contributed by atoms with Crippen LogP contribution in [0.1, 0.15) is 25.3 Å². The van der Waals surface area contributed by atoms with E-state index in [1.54, 1.807) is 41.7 Å². The van der Waals surface area contributed by atoms with Crippen LogP contribution >= 0.6 is 23.2 Å². The molecule has 0 bridgehead atoms. The zero-order chi connectivity index (χ0) is 37.6. The van der Waals surface area contributed by atoms with Crippen LogP contribution in [0.25, 0.3) is 56.3 Å². The lowest BCUT2D eigenvalue weighted by Crippen LogP contribution is -2.12. The van der Waals surface area contributed by atoms with Crippen molar-refractivity contribution in [3.05, 3.63) is 132 Å². The molecule has 0 amide bonds. The van der Waals surface area contributed by atoms with Crippen LogP contribution in [-0.4, -0.2) is 50.5 Å². The fraction of sp³-hybridized carbons (Fsp3) is 0.179. The predicted molar refractivity (Wildman–Crippen MR) is 197 cm³/mol. The van der Waals surface area contributed by atoms with E-state index in [1.165, 1.54) is 24.3 Å². The van der Waals surface area contributed by atoms with Gasteiger partial charge in [0.05, 0.1) is 52.0 Å². The van der Waals surface area contributed by atoms with Gasteiger partial charge in [0.1, 0.15) is 29.6 Å². The molecule has 2 aromatic carbocycles. The molecule has 9 rings (SSSR count). The lowest BCUT2D eigenvalue weighted by atomic mass is 10.0. The van der Waals surface area contributed by atoms with Crippen LogP contribution in [-0.2, 0) is 6.54 Å². The quantitative estimate of drug-likeness (QED) is 0.151. The van der Waals surface area contributed by atoms with Crippen LogP contribution in [0.3, 0.4) is 0 Å². The van der Waals surface area contributed by atoms with Gasteiger partial charge in [-0.25, -0.2) is 41.9 Å². The lowest BCUT2D eigenvalue weighted by molar-refractivity contribution is 0.00568. The van der Waals surface area contributed by atoms with Gasteiger partial charge in [-0.15, -0.1) is 0 Å². The minimum atomic E-state index is -2.68. The molecular weight excluding hydrogens is 746 g/mol. The molecule has 1 atom stereocenters. The molecule has 1 fully saturated rings. The molecule has 6 aromatic heterocycles. The highest BCUT2D eigenvalue weighted by Gasteiger charge is 2.41. The summed E-state index contributed by atoms with van der Waals surface area (Å²) in [5.41, 5.74) is 7.18. The summed E-state index contributed by atoms with van der Waals surface area (Å²) >= 11 is 11.9. The largest absolute Gasteiger partial charge is 0.327 e. The number of halogens is 7. The Morgan fingerprint density at radius 3 is 1.76 bits per heavy atom. The standard InChI is InChI=1S/C21H16ClF3N4.C18H13ClF2N4/c22-16-9-13(1-3-17(16)23)19-20(14-2-4-18-26-7-8-28(18)11-14)29(12-27-19)15-5-6-21(24,25)10-15;19-14-9-12(1-3-15(14)21)17-18(25(7-5-20)11-23-17)13-2-4-16-22-6-8-24(16)10-13/h1-4,7-9,11-12,15H,5-6,10H2;1-4,6,8-11H,5,7H2/t15-;/m0./s1. The maximum Gasteiger partial charge on any atom is 0.250 e. The highest BCUT2D eigenvalue weighted by molar-refractivity contribution is 6.31. The third kappa shape index (κ3) is 6.85. The predicted octanol–water partition coefficient (Wildman–Crippen LogP) is 10.6. The van der Waals surface area contributed by atoms with Gasteiger partial charge in [-0.1, -0.05) is 23.2 Å². The van der Waals surface area contributed by atoms with Crippen LogP contribution in [0.4, 0.5) is 22.0 Å². The van der Waals surface area contributed by atoms with Gasteiger partial charge in [0.2, 0.25) is 5.92 Å². The van der Waals surface area contributed by atoms with Gasteiger partial charge in [0.15, 0.2) is 0 Å². The summed E-state index contributed by atoms with van der Waals surface area (Å²) < 4.78 is 75.2. The van der Waals surface area contributed by atoms with Crippen molar-refractivity contribution < 1.29 is 22.0 Å². The molecule has 6 heterocycles. The normalized spacial score (nSPS) is 15.2. The van der Waals surface area contributed by atoms with Crippen molar-refractivity contribution in [2.75, 3.05) is 6.67 Å². The van der Waals surface area contributed by atoms with E-state index < -0.39 is 24.2 Å². The molecule has 0 spiro atoms. The van der Waals surface area contributed by atoms with Crippen LogP contribution in [0.2, 0.25) is 10.0 Å². The Hall–Kier alpha value is -5.53. The molecule has 1 saturated carbocycles. The van der Waals surface area contributed by atoms with E-state index in [1.807, 2.05) is 62.4 Å². The zero-order valence-electron chi connectivity index (χ0n) is 28.2. The number of nitrogens with zero attached hydrogens (tertiary/aromatic N) is 8. The fourth-order valence-corrected chi connectivity index (χ4v) is 7.22. The van der Waals surface area contributed by atoms with Crippen LogP contribution in [0.5, 0.6) is 0 Å². The summed E-state index contributed by atoms with van der Waals surface area (Å²) in [5, 5.41) is 0.00835. The van der Waals surface area contributed by atoms with Crippen molar-refractivity contribution in [3.63, 3.8) is 0 Å². The molecule has 54 heavy (non-hydrogen) atoms. The van der Waals surface area contributed by atoms with Crippen LogP contribution in [0.15, 0.2) is 110 Å². The van der Waals surface area contributed by atoms with E-state index in [-0.39, 0.29) is 35.5 Å². The van der Waals surface area contributed by atoms with Gasteiger partial charge in [-0.05, 0) is 67.1 Å². The Bertz CT molecular complexity index is 2630. The van der Waals surface area contributed by atoms with Gasteiger partial charge in [0.25, 0.3) is 0 Å². The number of pyridine rings is 2. The van der Waals surface area contributed by atoms with Gasteiger partial charge >= 0.3 is 0 Å². The van der Waals surface area contributed by atoms with Crippen molar-refractivity contribution >= 4 is 34.5 Å². The van der Waals surface area contributed by atoms with Gasteiger partial charge in [-0.3, -0.25) is 0 Å². The number of aromatic nitrogens is 8. The molecule has 274 valence electrons. The van der Waals surface area contributed by atoms with Crippen molar-refractivity contribution in [1.29, 1.82) is 0 Å². The second kappa shape index (κ2) is 14.4. The number of imidazole rings is 4. The summed E-state index contributed by atoms with van der Waals surface area (Å²) in [5.74, 6) is -3.69. The number of hydrogen-bond donors (Lipinski definition) is 0. The van der Waals surface area contributed by atoms with E-state index in [4.69, 9.17) is 23.2 Å². The topological polar surface area (TPSA) is 70.2 Å². The monoisotopic (exact) mass is 774 g/mol. The van der Waals surface area contributed by atoms with Crippen molar-refractivity contribution in [3.8, 4) is 45.0 Å². The van der Waals surface area contributed by atoms with Crippen LogP contribution < -0.4 is 0 Å². The number of aryl methyl sites for hydroxylation is 1. The minimum Gasteiger partial charge on any atom is -0.327 e. The Labute approximate surface area is 315 Å². The van der Waals surface area contributed by atoms with E-state index in [0.29, 0.717) is 34.6 Å². The van der Waals surface area contributed by atoms with E-state index >= 15 is 0 Å². The highest BCUT2D eigenvalue weighted by Crippen LogP contribution is 2.45. The first-order chi connectivity index (χ1) is 26.1. The molecule has 0 radical (unpaired) electrons. The average molecular weight is 776 g/mol. The minimum absolute atomic E-state index is 0.0135. The fourth-order valence-electron chi connectivity index (χ4n) is 6.86. The first-order valence-corrected chi connectivity index (χ1v) is 17.7. The molecule has 0 N–H and O–H groups in total. The Kier molecular flexibility index (Phi) is 9.44. The van der Waals surface area contributed by atoms with Crippen LogP contribution in [0, 0.1) is 11.6 Å². The Balaban J connectivity index is 0.000000155. The molecule has 0 aliphatic heterocycles. The van der Waals surface area contributed by atoms with Gasteiger partial charge in [-0.2, -0.15) is 0 Å². The third-order valence-electron chi connectivity index (χ3n) is 9.44. The first kappa shape index (κ1) is 35.5. The first-order valence-electron chi connectivity index (χ1n) is 16.9. The summed E-state index contributed by atoms with van der Waals surface area (Å²) in [4.78, 5) is 17.4. The summed E-state index contributed by atoms with van der Waals surface area (Å²) in [7, 11) is 0. The summed E-state index contributed by atoms with van der Waals surface area (Å²) in [6, 6.07) is 16.0. The molecule has 8 nitrogen and oxygen atoms in total. The molecule has 0 unspecified atom stereocenters. The zero-order valence-corrected chi connectivity index (χ0v) is 29.7. The number of rotatable bonds is 7. The molecule has 0 saturated heterocycles. The number of hydrogen-bond acceptors (Lipinski definition) is 4. The van der Waals surface area contributed by atoms with Crippen molar-refractivity contribution in [2.24, 2.45) is 0 Å². The van der Waals surface area contributed by atoms with E-state index in [9.17, 15) is 22.0 Å². The Morgan fingerprint density at radius 1 is 0.685 bits per heavy atom. The second-order valence-electron chi connectivity index (χ2n) is 12.9. The van der Waals surface area contributed by atoms with Gasteiger partial charge in [0, 0.05) is 78.3 Å². The SMILES string of the molecule is FCCn1cnc(-c2ccc(F)c(Cl)c2)c1-c1ccc2nccn2c1.Fc1ccc(-c2ncn([C@H]3CCC(F)(F)C3)c2-c2ccc3nccn3c2)cc1Cl.